The minimum Gasteiger partial charge on any atom is -0.465 e. The molecule has 7 heterocycles. The van der Waals surface area contributed by atoms with Gasteiger partial charge in [-0.3, -0.25) is 33.8 Å². The summed E-state index contributed by atoms with van der Waals surface area (Å²) in [5, 5.41) is 65.5. The number of hydrogen-bond acceptors (Lipinski definition) is 26. The molecule has 2 unspecified atom stereocenters. The van der Waals surface area contributed by atoms with Crippen LogP contribution >= 0.6 is 15.5 Å². The van der Waals surface area contributed by atoms with Gasteiger partial charge < -0.3 is 64.0 Å². The molecule has 4 aromatic heterocycles. The van der Waals surface area contributed by atoms with E-state index in [9.17, 15) is 49.4 Å². The fraction of sp³-hybridized carbons (Fsp3) is 0.460. The summed E-state index contributed by atoms with van der Waals surface area (Å²) in [6, 6.07) is 28.1. The number of rotatable bonds is 23. The fourth-order valence-electron chi connectivity index (χ4n) is 9.95. The van der Waals surface area contributed by atoms with Crippen LogP contribution in [0.2, 0.25) is 0 Å². The van der Waals surface area contributed by atoms with Gasteiger partial charge in [0.25, 0.3) is 5.69 Å². The molecule has 3 aliphatic heterocycles. The number of nitrogens with two attached hydrogens (primary N) is 2. The molecule has 3 aliphatic rings. The van der Waals surface area contributed by atoms with Gasteiger partial charge in [-0.05, 0) is 112 Å². The van der Waals surface area contributed by atoms with Gasteiger partial charge in [0.15, 0.2) is 30.1 Å². The van der Waals surface area contributed by atoms with Crippen LogP contribution in [0, 0.1) is 38.8 Å². The third kappa shape index (κ3) is 18.3. The number of aliphatic hydroxyl groups is 3. The lowest BCUT2D eigenvalue weighted by atomic mass is 9.93. The molecule has 12 atom stereocenters. The number of carbonyl (C=O) groups is 2. The third-order valence-corrected chi connectivity index (χ3v) is 18.4. The molecule has 0 aliphatic carbocycles. The second kappa shape index (κ2) is 30.4. The van der Waals surface area contributed by atoms with E-state index in [1.165, 1.54) is 67.4 Å². The maximum atomic E-state index is 14.0. The normalized spacial score (nSPS) is 23.7. The fourth-order valence-corrected chi connectivity index (χ4v) is 13.0. The second-order valence-electron chi connectivity index (χ2n) is 25.6. The number of nitro groups is 1. The van der Waals surface area contributed by atoms with Gasteiger partial charge in [-0.2, -0.15) is 25.6 Å². The van der Waals surface area contributed by atoms with Crippen molar-refractivity contribution in [1.82, 2.24) is 39.4 Å². The molecule has 9 N–H and O–H groups in total. The van der Waals surface area contributed by atoms with Crippen LogP contribution in [0.25, 0.3) is 15.9 Å². The van der Waals surface area contributed by atoms with Crippen LogP contribution in [-0.2, 0) is 51.7 Å². The number of non-ortho nitro benzene ring substituents is 1. The summed E-state index contributed by atoms with van der Waals surface area (Å²) in [7, 11) is -8.50. The summed E-state index contributed by atoms with van der Waals surface area (Å²) in [6.45, 7) is 25.5. The van der Waals surface area contributed by atoms with E-state index in [1.807, 2.05) is 47.6 Å². The Hall–Kier alpha value is -8.72. The van der Waals surface area contributed by atoms with Crippen molar-refractivity contribution in [2.45, 2.75) is 148 Å². The number of nitrogen functional groups attached to an aromatic ring is 2. The molecule has 0 amide bonds. The van der Waals surface area contributed by atoms with Gasteiger partial charge in [0, 0.05) is 12.1 Å². The number of para-hydroxylation sites is 2. The molecule has 0 radical (unpaired) electrons. The summed E-state index contributed by atoms with van der Waals surface area (Å²) in [4.78, 5) is 46.6. The number of fused-ring (bicyclic) bond motifs is 3. The number of nitro benzene ring substituents is 1. The van der Waals surface area contributed by atoms with Gasteiger partial charge in [-0.25, -0.2) is 34.7 Å². The number of benzene rings is 3. The highest BCUT2D eigenvalue weighted by Crippen LogP contribution is 2.52. The number of nitrogens with one attached hydrogen (secondary N) is 2. The molecule has 32 nitrogen and oxygen atoms in total. The summed E-state index contributed by atoms with van der Waals surface area (Å²) >= 11 is 0. The molecular formula is C63H79N13O19P2. The summed E-state index contributed by atoms with van der Waals surface area (Å²) in [6.07, 6.45) is -2.66. The highest BCUT2D eigenvalue weighted by molar-refractivity contribution is 7.52. The number of aromatic nitrogens is 6. The zero-order chi connectivity index (χ0) is 70.9. The molecule has 0 bridgehead atoms. The van der Waals surface area contributed by atoms with Crippen LogP contribution in [0.5, 0.6) is 17.2 Å². The largest absolute Gasteiger partial charge is 0.513 e. The maximum absolute atomic E-state index is 14.0. The van der Waals surface area contributed by atoms with E-state index in [0.29, 0.717) is 41.1 Å². The Morgan fingerprint density at radius 2 is 1.20 bits per heavy atom. The van der Waals surface area contributed by atoms with Crippen LogP contribution in [0.1, 0.15) is 106 Å². The molecule has 7 aromatic rings. The van der Waals surface area contributed by atoms with Crippen LogP contribution in [-0.4, -0.2) is 141 Å². The number of nitrogens with zero attached hydrogens (tertiary/aromatic N) is 9. The standard InChI is InChI=1S/C27H35N6O8P.C21H27N2O7P.C15H17N5O4/c1-17(25(36)38-14-13-26(2,3)4)32-42(37,41-18-9-7-6-8-10-18)39-15-27(29-5)23(35)21(34)22(40-27)19-11-12-20-24(28)30-16-31-33(19)20;1-16(20(24)28-15-14-21(2,3)4)22-31(27,29-18-8-6-5-7-9-18)30-19-12-10-17(11-13-19)23(25)26;1-14(2)22-11-10(23-15(5-16,6-21)12(11)24-14)8-3-4-9-13(17)18-7-19-20(8)9/h6-12,16-17,21-23,34-35H,13-15H2,1-4H3,(H,32,37)(H2,28,30,31);5-13,16H,14-15H2,1-4H3,(H,22,27);3-4,7,10-12,21H,6H2,1-2H3,(H2,17,18,19)/t17-,21-,22-,23-,27+,42?;16-,31?;10-,11-,12-,15+/m000/s1. The maximum Gasteiger partial charge on any atom is 0.513 e. The first-order valence-electron chi connectivity index (χ1n) is 30.5. The Kier molecular flexibility index (Phi) is 23.2. The van der Waals surface area contributed by atoms with E-state index in [4.69, 9.17) is 64.6 Å². The molecular weight excluding hydrogens is 1300 g/mol. The predicted molar refractivity (Wildman–Crippen MR) is 347 cm³/mol. The molecule has 3 aromatic carbocycles. The number of ether oxygens (including phenoxy) is 6. The van der Waals surface area contributed by atoms with E-state index >= 15 is 0 Å². The SMILES string of the molecule is CC1(C)O[C@H]2[C@H](c3ccc4c(N)ncnn34)O[C@](C#N)(CO)[C@H]2O1.C[C@H](NP(=O)(Oc1ccccc1)Oc1ccc([N+](=O)[O-])cc1)C(=O)OCCC(C)(C)C.[C-]#[N+][C@]1(COP(=O)(N[C@@H](C)C(=O)OCCC(C)(C)C)Oc2ccccc2)O[C@@H](c2ccc3c(N)ncnn23)[C@H](O)[C@@H]1O. The zero-order valence-electron chi connectivity index (χ0n) is 54.9. The third-order valence-electron chi connectivity index (χ3n) is 15.1. The zero-order valence-corrected chi connectivity index (χ0v) is 56.6. The summed E-state index contributed by atoms with van der Waals surface area (Å²) in [5.41, 5.74) is 9.88. The van der Waals surface area contributed by atoms with Crippen molar-refractivity contribution in [3.05, 3.63) is 155 Å². The first-order chi connectivity index (χ1) is 45.7. The topological polar surface area (TPSA) is 429 Å². The Morgan fingerprint density at radius 3 is 1.65 bits per heavy atom. The van der Waals surface area contributed by atoms with Gasteiger partial charge in [0.2, 0.25) is 5.60 Å². The lowest BCUT2D eigenvalue weighted by Crippen LogP contribution is -2.45. The number of anilines is 2. The van der Waals surface area contributed by atoms with Gasteiger partial charge in [0.05, 0.1) is 36.1 Å². The highest BCUT2D eigenvalue weighted by atomic mass is 31.2. The van der Waals surface area contributed by atoms with Crippen LogP contribution in [0.3, 0.4) is 0 Å². The summed E-state index contributed by atoms with van der Waals surface area (Å²) in [5.74, 6) is -1.17. The molecule has 97 heavy (non-hydrogen) atoms. The average molecular weight is 1380 g/mol. The van der Waals surface area contributed by atoms with Crippen molar-refractivity contribution in [2.24, 2.45) is 10.8 Å². The second-order valence-corrected chi connectivity index (χ2v) is 28.9. The van der Waals surface area contributed by atoms with Crippen molar-refractivity contribution in [3.8, 4) is 23.3 Å². The van der Waals surface area contributed by atoms with E-state index in [2.05, 4.69) is 35.2 Å². The highest BCUT2D eigenvalue weighted by Gasteiger charge is 2.65. The quantitative estimate of drug-likeness (QED) is 0.0104. The first kappa shape index (κ1) is 74.1. The lowest BCUT2D eigenvalue weighted by Gasteiger charge is -2.27. The smallest absolute Gasteiger partial charge is 0.465 e. The predicted octanol–water partition coefficient (Wildman–Crippen LogP) is 8.16. The van der Waals surface area contributed by atoms with Crippen LogP contribution in [0.4, 0.5) is 17.3 Å². The average Bonchev–Trinajstić information content (AvgIpc) is 1.57. The van der Waals surface area contributed by atoms with Crippen molar-refractivity contribution < 1.29 is 85.5 Å². The Labute approximate surface area is 558 Å². The molecule has 10 rings (SSSR count). The van der Waals surface area contributed by atoms with Gasteiger partial charge in [-0.15, -0.1) is 0 Å². The van der Waals surface area contributed by atoms with E-state index in [-0.39, 0.29) is 52.8 Å². The lowest BCUT2D eigenvalue weighted by molar-refractivity contribution is -0.384. The minimum absolute atomic E-state index is 0.00168. The Morgan fingerprint density at radius 1 is 0.732 bits per heavy atom. The van der Waals surface area contributed by atoms with Crippen LogP contribution in [0.15, 0.2) is 122 Å². The molecule has 34 heteroatoms. The number of esters is 2. The molecule has 520 valence electrons. The van der Waals surface area contributed by atoms with E-state index in [0.717, 1.165) is 0 Å². The number of nitriles is 1. The van der Waals surface area contributed by atoms with Gasteiger partial charge in [0.1, 0.15) is 89.6 Å². The van der Waals surface area contributed by atoms with E-state index in [1.54, 1.807) is 91.2 Å². The van der Waals surface area contributed by atoms with Crippen molar-refractivity contribution in [1.29, 1.82) is 5.26 Å². The molecule has 3 saturated heterocycles. The van der Waals surface area contributed by atoms with Crippen LogP contribution < -0.4 is 35.2 Å². The van der Waals surface area contributed by atoms with Crippen molar-refractivity contribution in [2.75, 3.05) is 37.9 Å². The molecule has 0 spiro atoms. The Bertz CT molecular complexity index is 4070. The van der Waals surface area contributed by atoms with Gasteiger partial charge >= 0.3 is 33.2 Å². The molecule has 0 saturated carbocycles. The summed E-state index contributed by atoms with van der Waals surface area (Å²) < 4.78 is 86.9. The monoisotopic (exact) mass is 1380 g/mol. The van der Waals surface area contributed by atoms with Gasteiger partial charge in [-0.1, -0.05) is 77.9 Å². The number of hydrogen-bond donors (Lipinski definition) is 7. The van der Waals surface area contributed by atoms with E-state index < -0.39 is 111 Å². The van der Waals surface area contributed by atoms with Crippen molar-refractivity contribution >= 4 is 55.8 Å². The first-order valence-corrected chi connectivity index (χ1v) is 33.6. The number of carbonyl (C=O) groups excluding carboxylic acids is 2. The minimum atomic E-state index is -4.41. The van der Waals surface area contributed by atoms with Crippen molar-refractivity contribution in [3.63, 3.8) is 0 Å². The number of aliphatic hydroxyl groups excluding tert-OH is 3. The Balaban J connectivity index is 0.000000193. The molecule has 3 fully saturated rings.